The van der Waals surface area contributed by atoms with Crippen LogP contribution >= 0.6 is 0 Å². The van der Waals surface area contributed by atoms with Gasteiger partial charge >= 0.3 is 5.97 Å². The van der Waals surface area contributed by atoms with Crippen molar-refractivity contribution in [3.8, 4) is 28.1 Å². The molecule has 0 saturated carbocycles. The van der Waals surface area contributed by atoms with Crippen LogP contribution in [-0.2, 0) is 64.5 Å². The number of cyclic esters (lactones) is 1. The number of nitrogens with one attached hydrogen (secondary N) is 2. The van der Waals surface area contributed by atoms with Crippen molar-refractivity contribution in [3.05, 3.63) is 71.5 Å². The number of rotatable bonds is 11. The number of nitrogens with zero attached hydrogens (tertiary/aromatic N) is 6. The van der Waals surface area contributed by atoms with Crippen LogP contribution in [0.1, 0.15) is 71.1 Å². The van der Waals surface area contributed by atoms with Crippen LogP contribution in [0.15, 0.2) is 54.9 Å². The molecule has 0 spiro atoms. The number of esters is 1. The molecule has 7 rings (SSSR count). The highest BCUT2D eigenvalue weighted by atomic mass is 32.2. The number of likely N-dealkylation sites (N-methyl/N-ethyl adjacent to an activating group) is 2. The largest absolute Gasteiger partial charge is 0.508 e. The summed E-state index contributed by atoms with van der Waals surface area (Å²) < 4.78 is 33.3. The van der Waals surface area contributed by atoms with Gasteiger partial charge in [-0.25, -0.2) is 13.8 Å². The maximum atomic E-state index is 14.7. The number of carbonyl (C=O) groups is 5. The van der Waals surface area contributed by atoms with Crippen molar-refractivity contribution >= 4 is 50.5 Å². The van der Waals surface area contributed by atoms with Gasteiger partial charge in [0.2, 0.25) is 27.7 Å². The van der Waals surface area contributed by atoms with E-state index in [0.29, 0.717) is 36.9 Å². The Kier molecular flexibility index (Phi) is 14.2. The van der Waals surface area contributed by atoms with Gasteiger partial charge < -0.3 is 29.5 Å². The molecule has 2 fully saturated rings. The van der Waals surface area contributed by atoms with E-state index in [4.69, 9.17) is 4.74 Å². The van der Waals surface area contributed by atoms with E-state index >= 15 is 0 Å². The number of hydrazine groups is 1. The molecule has 0 aliphatic carbocycles. The van der Waals surface area contributed by atoms with Gasteiger partial charge in [-0.15, -0.1) is 0 Å². The van der Waals surface area contributed by atoms with Crippen LogP contribution in [-0.4, -0.2) is 143 Å². The fourth-order valence-corrected chi connectivity index (χ4v) is 10.6. The highest BCUT2D eigenvalue weighted by Crippen LogP contribution is 2.41. The molecule has 5 heterocycles. The number of hydrogen-bond donors (Lipinski definition) is 3. The molecule has 4 amide bonds. The SMILES string of the molecule is CCc1ccncc1-c1c2c3cc(ccc3n1CC)-c1cc(O)cc(c1)C[C@H](NC(=O)[C@H](C(C)C)N(C)C(=O)CN(C)C(=O)[C@@H]1CN1S(C)(=O)=O)C(=O)N1CCC[C@H](N1)C(=O)OCC(C)(C)C2. The van der Waals surface area contributed by atoms with Crippen molar-refractivity contribution in [2.45, 2.75) is 104 Å². The second-order valence-electron chi connectivity index (χ2n) is 19.3. The minimum atomic E-state index is -3.58. The lowest BCUT2D eigenvalue weighted by atomic mass is 9.84. The summed E-state index contributed by atoms with van der Waals surface area (Å²) in [6.45, 7) is 12.5. The number of aromatic hydroxyl groups is 1. The zero-order valence-corrected chi connectivity index (χ0v) is 40.8. The third-order valence-corrected chi connectivity index (χ3v) is 14.4. The zero-order chi connectivity index (χ0) is 48.7. The van der Waals surface area contributed by atoms with E-state index < -0.39 is 81.7 Å². The Balaban J connectivity index is 1.26. The molecule has 3 aliphatic heterocycles. The molecule has 2 saturated heterocycles. The molecule has 18 heteroatoms. The van der Waals surface area contributed by atoms with Crippen LogP contribution in [0.4, 0.5) is 0 Å². The molecule has 17 nitrogen and oxygen atoms in total. The van der Waals surface area contributed by atoms with Crippen LogP contribution in [0.5, 0.6) is 5.75 Å². The lowest BCUT2D eigenvalue weighted by Gasteiger charge is -2.37. The molecule has 360 valence electrons. The number of benzene rings is 2. The third kappa shape index (κ3) is 10.5. The number of hydrogen-bond acceptors (Lipinski definition) is 11. The van der Waals surface area contributed by atoms with Crippen molar-refractivity contribution in [2.75, 3.05) is 46.6 Å². The van der Waals surface area contributed by atoms with Gasteiger partial charge in [-0.2, -0.15) is 4.31 Å². The van der Waals surface area contributed by atoms with Gasteiger partial charge in [0, 0.05) is 74.4 Å². The Hall–Kier alpha value is -5.85. The minimum Gasteiger partial charge on any atom is -0.508 e. The van der Waals surface area contributed by atoms with Crippen molar-refractivity contribution in [2.24, 2.45) is 11.3 Å². The van der Waals surface area contributed by atoms with Crippen LogP contribution < -0.4 is 10.7 Å². The highest BCUT2D eigenvalue weighted by molar-refractivity contribution is 7.88. The summed E-state index contributed by atoms with van der Waals surface area (Å²) in [4.78, 5) is 76.7. The molecular weight excluding hydrogens is 877 g/mol. The average Bonchev–Trinajstić information content (AvgIpc) is 4.05. The molecule has 1 unspecified atom stereocenters. The summed E-state index contributed by atoms with van der Waals surface area (Å²) in [5.41, 5.74) is 9.97. The molecule has 4 aromatic rings. The van der Waals surface area contributed by atoms with Crippen molar-refractivity contribution in [1.82, 2.24) is 39.4 Å². The molecule has 3 N–H and O–H groups in total. The van der Waals surface area contributed by atoms with Gasteiger partial charge in [-0.3, -0.25) is 34.0 Å². The number of amides is 4. The Morgan fingerprint density at radius 3 is 2.48 bits per heavy atom. The number of ether oxygens (including phenoxy) is 1. The normalized spacial score (nSPS) is 21.3. The first-order valence-electron chi connectivity index (χ1n) is 23.1. The maximum absolute atomic E-state index is 14.7. The van der Waals surface area contributed by atoms with Crippen LogP contribution in [0, 0.1) is 11.3 Å². The second-order valence-corrected chi connectivity index (χ2v) is 21.3. The number of pyridine rings is 1. The van der Waals surface area contributed by atoms with Crippen molar-refractivity contribution < 1.29 is 42.2 Å². The fraction of sp³-hybridized carbons (Fsp3) is 0.510. The summed E-state index contributed by atoms with van der Waals surface area (Å²) in [6, 6.07) is 9.33. The third-order valence-electron chi connectivity index (χ3n) is 13.1. The summed E-state index contributed by atoms with van der Waals surface area (Å²) in [6.07, 6.45) is 6.94. The fourth-order valence-electron chi connectivity index (χ4n) is 9.63. The molecule has 0 radical (unpaired) electrons. The number of carbonyl (C=O) groups excluding carboxylic acids is 5. The molecule has 6 bridgehead atoms. The number of aromatic nitrogens is 2. The average molecular weight is 941 g/mol. The highest BCUT2D eigenvalue weighted by Gasteiger charge is 2.48. The summed E-state index contributed by atoms with van der Waals surface area (Å²) in [5, 5.41) is 16.6. The van der Waals surface area contributed by atoms with Crippen molar-refractivity contribution in [1.29, 1.82) is 0 Å². The van der Waals surface area contributed by atoms with E-state index in [-0.39, 0.29) is 31.9 Å². The molecule has 5 atom stereocenters. The maximum Gasteiger partial charge on any atom is 0.324 e. The molecular formula is C49H64N8O9S. The number of sulfonamides is 1. The molecule has 2 aromatic heterocycles. The Labute approximate surface area is 392 Å². The van der Waals surface area contributed by atoms with Gasteiger partial charge in [-0.05, 0) is 96.7 Å². The zero-order valence-electron chi connectivity index (χ0n) is 40.0. The van der Waals surface area contributed by atoms with Crippen molar-refractivity contribution in [3.63, 3.8) is 0 Å². The molecule has 67 heavy (non-hydrogen) atoms. The Morgan fingerprint density at radius 2 is 1.81 bits per heavy atom. The topological polar surface area (TPSA) is 204 Å². The van der Waals surface area contributed by atoms with Crippen LogP contribution in [0.3, 0.4) is 0 Å². The van der Waals surface area contributed by atoms with E-state index in [0.717, 1.165) is 60.7 Å². The molecule has 3 aliphatic rings. The first-order chi connectivity index (χ1) is 31.6. The number of phenols is 1. The first kappa shape index (κ1) is 49.1. The summed E-state index contributed by atoms with van der Waals surface area (Å²) in [5.74, 6) is -3.25. The van der Waals surface area contributed by atoms with Gasteiger partial charge in [-0.1, -0.05) is 46.8 Å². The van der Waals surface area contributed by atoms with E-state index in [1.807, 2.05) is 30.6 Å². The van der Waals surface area contributed by atoms with E-state index in [9.17, 15) is 37.5 Å². The quantitative estimate of drug-likeness (QED) is 0.146. The summed E-state index contributed by atoms with van der Waals surface area (Å²) >= 11 is 0. The van der Waals surface area contributed by atoms with Gasteiger partial charge in [0.15, 0.2) is 0 Å². The minimum absolute atomic E-state index is 0.0297. The van der Waals surface area contributed by atoms with Crippen LogP contribution in [0.2, 0.25) is 0 Å². The monoisotopic (exact) mass is 940 g/mol. The number of phenolic OH excluding ortho intramolecular Hbond substituents is 1. The first-order valence-corrected chi connectivity index (χ1v) is 24.9. The van der Waals surface area contributed by atoms with E-state index in [1.165, 1.54) is 24.0 Å². The van der Waals surface area contributed by atoms with Gasteiger partial charge in [0.1, 0.15) is 29.9 Å². The van der Waals surface area contributed by atoms with E-state index in [2.05, 4.69) is 60.1 Å². The van der Waals surface area contributed by atoms with Gasteiger partial charge in [0.25, 0.3) is 5.91 Å². The smallest absolute Gasteiger partial charge is 0.324 e. The summed E-state index contributed by atoms with van der Waals surface area (Å²) in [7, 11) is -0.733. The Bertz CT molecular complexity index is 2700. The molecule has 2 aromatic carbocycles. The van der Waals surface area contributed by atoms with Crippen LogP contribution in [0.25, 0.3) is 33.3 Å². The Morgan fingerprint density at radius 1 is 1.06 bits per heavy atom. The second kappa shape index (κ2) is 19.4. The number of fused-ring (bicyclic) bond motifs is 6. The van der Waals surface area contributed by atoms with E-state index in [1.54, 1.807) is 26.0 Å². The van der Waals surface area contributed by atoms with Gasteiger partial charge in [0.05, 0.1) is 25.1 Å². The standard InChI is InChI=1S/C49H64N8O9S/c1-10-31-16-17-50-25-37(31)44-36-24-49(5,6)28-66-48(63)38-13-12-18-56(52-38)46(61)39(21-30-19-33(22-34(58)20-30)32-14-15-40(35(36)23-32)55(44)11-2)51-45(60)43(29(3)4)54(8)42(59)27-53(7)47(62)41-26-57(41)67(9,64)65/h14-17,19-20,22-23,25,29,38-39,41,43,52,58H,10-13,18,21,24,26-28H2,1-9H3,(H,51,60)/t38-,39-,41-,43-,57?/m0/s1. The lowest BCUT2D eigenvalue weighted by Crippen LogP contribution is -2.62. The predicted molar refractivity (Wildman–Crippen MR) is 254 cm³/mol. The number of aryl methyl sites for hydroxylation is 2. The lowest BCUT2D eigenvalue weighted by molar-refractivity contribution is -0.155. The predicted octanol–water partition coefficient (Wildman–Crippen LogP) is 3.89.